The fourth-order valence-electron chi connectivity index (χ4n) is 2.05. The van der Waals surface area contributed by atoms with E-state index in [4.69, 9.17) is 5.73 Å². The zero-order valence-electron chi connectivity index (χ0n) is 14.4. The number of thiazole rings is 1. The first-order chi connectivity index (χ1) is 10.4. The first kappa shape index (κ1) is 22.9. The van der Waals surface area contributed by atoms with E-state index < -0.39 is 0 Å². The summed E-state index contributed by atoms with van der Waals surface area (Å²) in [7, 11) is 1.76. The highest BCUT2D eigenvalue weighted by Gasteiger charge is 2.19. The van der Waals surface area contributed by atoms with Gasteiger partial charge in [0.15, 0.2) is 0 Å². The Morgan fingerprint density at radius 3 is 2.29 bits per heavy atom. The van der Waals surface area contributed by atoms with E-state index in [0.29, 0.717) is 18.2 Å². The summed E-state index contributed by atoms with van der Waals surface area (Å²) < 4.78 is 0. The molecule has 0 spiro atoms. The van der Waals surface area contributed by atoms with E-state index in [1.165, 1.54) is 16.9 Å². The Morgan fingerprint density at radius 2 is 1.79 bits per heavy atom. The van der Waals surface area contributed by atoms with Crippen LogP contribution in [-0.2, 0) is 0 Å². The van der Waals surface area contributed by atoms with Crippen molar-refractivity contribution in [2.75, 3.05) is 13.6 Å². The maximum Gasteiger partial charge on any atom is 0.273 e. The van der Waals surface area contributed by atoms with Crippen LogP contribution in [-0.4, -0.2) is 35.4 Å². The molecule has 134 valence electrons. The van der Waals surface area contributed by atoms with E-state index in [9.17, 15) is 4.79 Å². The number of nitrogens with two attached hydrogens (primary N) is 1. The molecule has 2 rings (SSSR count). The standard InChI is InChI=1S/C17H23N3OS.2ClH/c1-11(2)13-5-7-14(8-6-13)16-19-15(10-22-16)17(21)20(4)12(3)9-18;;/h5-8,10-12H,9,18H2,1-4H3;2*1H. The molecule has 0 aliphatic rings. The molecular formula is C17H25Cl2N3OS. The summed E-state index contributed by atoms with van der Waals surface area (Å²) >= 11 is 1.49. The van der Waals surface area contributed by atoms with Crippen molar-refractivity contribution in [1.29, 1.82) is 0 Å². The number of benzene rings is 1. The van der Waals surface area contributed by atoms with Gasteiger partial charge in [-0.1, -0.05) is 38.1 Å². The zero-order chi connectivity index (χ0) is 16.3. The average Bonchev–Trinajstić information content (AvgIpc) is 3.02. The Morgan fingerprint density at radius 1 is 1.21 bits per heavy atom. The van der Waals surface area contributed by atoms with E-state index in [0.717, 1.165) is 10.6 Å². The molecule has 0 saturated carbocycles. The van der Waals surface area contributed by atoms with Gasteiger partial charge in [-0.2, -0.15) is 0 Å². The Labute approximate surface area is 160 Å². The lowest BCUT2D eigenvalue weighted by molar-refractivity contribution is 0.0743. The van der Waals surface area contributed by atoms with Crippen LogP contribution in [0.3, 0.4) is 0 Å². The predicted molar refractivity (Wildman–Crippen MR) is 107 cm³/mol. The summed E-state index contributed by atoms with van der Waals surface area (Å²) in [5.41, 5.74) is 8.44. The highest BCUT2D eigenvalue weighted by atomic mass is 35.5. The van der Waals surface area contributed by atoms with Crippen molar-refractivity contribution in [3.8, 4) is 10.6 Å². The summed E-state index contributed by atoms with van der Waals surface area (Å²) in [6.07, 6.45) is 0. The molecule has 2 aromatic rings. The minimum Gasteiger partial charge on any atom is -0.336 e. The number of halogens is 2. The number of carbonyl (C=O) groups excluding carboxylic acids is 1. The number of hydrogen-bond acceptors (Lipinski definition) is 4. The normalized spacial score (nSPS) is 11.4. The minimum absolute atomic E-state index is 0. The third-order valence-corrected chi connectivity index (χ3v) is 4.76. The van der Waals surface area contributed by atoms with Gasteiger partial charge in [0, 0.05) is 30.6 Å². The van der Waals surface area contributed by atoms with E-state index in [1.807, 2.05) is 12.3 Å². The van der Waals surface area contributed by atoms with Crippen LogP contribution < -0.4 is 5.73 Å². The largest absolute Gasteiger partial charge is 0.336 e. The SMILES string of the molecule is CC(C)c1ccc(-c2nc(C(=O)N(C)C(C)CN)cs2)cc1.Cl.Cl. The fourth-order valence-corrected chi connectivity index (χ4v) is 2.85. The van der Waals surface area contributed by atoms with Gasteiger partial charge in [0.05, 0.1) is 0 Å². The van der Waals surface area contributed by atoms with Gasteiger partial charge in [-0.3, -0.25) is 4.79 Å². The molecule has 4 nitrogen and oxygen atoms in total. The maximum atomic E-state index is 12.3. The van der Waals surface area contributed by atoms with Crippen LogP contribution in [0.4, 0.5) is 0 Å². The third-order valence-electron chi connectivity index (χ3n) is 3.87. The van der Waals surface area contributed by atoms with Gasteiger partial charge in [-0.25, -0.2) is 4.98 Å². The molecule has 1 heterocycles. The molecule has 0 bridgehead atoms. The number of amides is 1. The highest BCUT2D eigenvalue weighted by Crippen LogP contribution is 2.26. The van der Waals surface area contributed by atoms with Gasteiger partial charge in [-0.15, -0.1) is 36.2 Å². The topological polar surface area (TPSA) is 59.2 Å². The summed E-state index contributed by atoms with van der Waals surface area (Å²) in [6.45, 7) is 6.71. The average molecular weight is 390 g/mol. The predicted octanol–water partition coefficient (Wildman–Crippen LogP) is 4.20. The van der Waals surface area contributed by atoms with Crippen molar-refractivity contribution in [2.24, 2.45) is 5.73 Å². The van der Waals surface area contributed by atoms with E-state index in [2.05, 4.69) is 43.1 Å². The van der Waals surface area contributed by atoms with Crippen molar-refractivity contribution < 1.29 is 4.79 Å². The van der Waals surface area contributed by atoms with Crippen LogP contribution in [0.2, 0.25) is 0 Å². The van der Waals surface area contributed by atoms with Crippen molar-refractivity contribution >= 4 is 42.1 Å². The molecule has 2 N–H and O–H groups in total. The third kappa shape index (κ3) is 5.18. The molecule has 1 amide bonds. The second kappa shape index (κ2) is 9.99. The highest BCUT2D eigenvalue weighted by molar-refractivity contribution is 7.13. The van der Waals surface area contributed by atoms with Crippen molar-refractivity contribution in [3.05, 3.63) is 40.9 Å². The smallest absolute Gasteiger partial charge is 0.273 e. The van der Waals surface area contributed by atoms with Crippen LogP contribution in [0.25, 0.3) is 10.6 Å². The molecule has 0 fully saturated rings. The van der Waals surface area contributed by atoms with Crippen LogP contribution in [0.15, 0.2) is 29.6 Å². The molecule has 1 aromatic heterocycles. The lowest BCUT2D eigenvalue weighted by atomic mass is 10.0. The first-order valence-electron chi connectivity index (χ1n) is 7.47. The fraction of sp³-hybridized carbons (Fsp3) is 0.412. The first-order valence-corrected chi connectivity index (χ1v) is 8.35. The number of likely N-dealkylation sites (N-methyl/N-ethyl adjacent to an activating group) is 1. The van der Waals surface area contributed by atoms with Crippen LogP contribution in [0.1, 0.15) is 42.7 Å². The zero-order valence-corrected chi connectivity index (χ0v) is 16.8. The maximum absolute atomic E-state index is 12.3. The number of hydrogen-bond donors (Lipinski definition) is 1. The molecule has 24 heavy (non-hydrogen) atoms. The number of nitrogens with zero attached hydrogens (tertiary/aromatic N) is 2. The second-order valence-corrected chi connectivity index (χ2v) is 6.67. The van der Waals surface area contributed by atoms with Gasteiger partial charge in [0.25, 0.3) is 5.91 Å². The van der Waals surface area contributed by atoms with Crippen molar-refractivity contribution in [1.82, 2.24) is 9.88 Å². The van der Waals surface area contributed by atoms with Crippen LogP contribution in [0, 0.1) is 0 Å². The van der Waals surface area contributed by atoms with Gasteiger partial charge in [0.2, 0.25) is 0 Å². The summed E-state index contributed by atoms with van der Waals surface area (Å²) in [5, 5.41) is 2.68. The molecule has 0 saturated heterocycles. The van der Waals surface area contributed by atoms with Crippen molar-refractivity contribution in [2.45, 2.75) is 32.7 Å². The molecule has 0 radical (unpaired) electrons. The molecule has 7 heteroatoms. The van der Waals surface area contributed by atoms with Gasteiger partial charge < -0.3 is 10.6 Å². The van der Waals surface area contributed by atoms with E-state index in [1.54, 1.807) is 11.9 Å². The van der Waals surface area contributed by atoms with Gasteiger partial charge in [0.1, 0.15) is 10.7 Å². The summed E-state index contributed by atoms with van der Waals surface area (Å²) in [5.74, 6) is 0.424. The molecule has 0 aliphatic heterocycles. The minimum atomic E-state index is -0.0840. The van der Waals surface area contributed by atoms with Crippen LogP contribution >= 0.6 is 36.2 Å². The van der Waals surface area contributed by atoms with Crippen molar-refractivity contribution in [3.63, 3.8) is 0 Å². The van der Waals surface area contributed by atoms with Crippen LogP contribution in [0.5, 0.6) is 0 Å². The Bertz CT molecular complexity index is 644. The Kier molecular flexibility index (Phi) is 9.51. The summed E-state index contributed by atoms with van der Waals surface area (Å²) in [6, 6.07) is 8.36. The molecule has 0 aliphatic carbocycles. The van der Waals surface area contributed by atoms with E-state index >= 15 is 0 Å². The second-order valence-electron chi connectivity index (χ2n) is 5.82. The molecule has 1 unspecified atom stereocenters. The van der Waals surface area contributed by atoms with Gasteiger partial charge >= 0.3 is 0 Å². The van der Waals surface area contributed by atoms with Gasteiger partial charge in [-0.05, 0) is 18.4 Å². The monoisotopic (exact) mass is 389 g/mol. The quantitative estimate of drug-likeness (QED) is 0.833. The number of rotatable bonds is 5. The Balaban J connectivity index is 0.00000264. The lowest BCUT2D eigenvalue weighted by Gasteiger charge is -2.22. The molecular weight excluding hydrogens is 365 g/mol. The van der Waals surface area contributed by atoms with E-state index in [-0.39, 0.29) is 36.8 Å². The Hall–Kier alpha value is -1.14. The summed E-state index contributed by atoms with van der Waals surface area (Å²) in [4.78, 5) is 18.5. The number of aromatic nitrogens is 1. The molecule has 1 atom stereocenters. The molecule has 1 aromatic carbocycles. The lowest BCUT2D eigenvalue weighted by Crippen LogP contribution is -2.39. The number of carbonyl (C=O) groups is 1.